The number of aliphatic imine (C=N–C) groups is 2. The summed E-state index contributed by atoms with van der Waals surface area (Å²) >= 11 is 6.29. The number of aromatic nitrogens is 3. The summed E-state index contributed by atoms with van der Waals surface area (Å²) in [5.41, 5.74) is 2.08. The predicted molar refractivity (Wildman–Crippen MR) is 117 cm³/mol. The molecule has 148 valence electrons. The summed E-state index contributed by atoms with van der Waals surface area (Å²) in [5, 5.41) is 10.1. The molecule has 2 aromatic rings. The molecule has 2 aromatic heterocycles. The van der Waals surface area contributed by atoms with E-state index in [9.17, 15) is 9.90 Å². The van der Waals surface area contributed by atoms with Crippen LogP contribution in [0.25, 0.3) is 6.08 Å². The van der Waals surface area contributed by atoms with E-state index in [2.05, 4.69) is 15.0 Å². The molecule has 1 atom stereocenters. The summed E-state index contributed by atoms with van der Waals surface area (Å²) in [6.45, 7) is 3.25. The van der Waals surface area contributed by atoms with E-state index in [4.69, 9.17) is 17.2 Å². The zero-order valence-electron chi connectivity index (χ0n) is 15.7. The third-order valence-electron chi connectivity index (χ3n) is 4.69. The van der Waals surface area contributed by atoms with Crippen molar-refractivity contribution >= 4 is 47.0 Å². The molecule has 0 amide bonds. The molecule has 2 aliphatic rings. The van der Waals surface area contributed by atoms with Gasteiger partial charge in [0.1, 0.15) is 0 Å². The Morgan fingerprint density at radius 3 is 3.07 bits per heavy atom. The van der Waals surface area contributed by atoms with Gasteiger partial charge in [-0.2, -0.15) is 0 Å². The molecule has 4 rings (SSSR count). The molecular weight excluding hydrogens is 406 g/mol. The number of imidazole rings is 1. The number of Topliss-reactive ketones (excluding diaryl/α,β-unsaturated/α-hetero) is 1. The van der Waals surface area contributed by atoms with Gasteiger partial charge in [0.15, 0.2) is 15.6 Å². The van der Waals surface area contributed by atoms with Gasteiger partial charge in [-0.3, -0.25) is 9.79 Å². The highest BCUT2D eigenvalue weighted by Gasteiger charge is 2.34. The SMILES string of the molecule is CC1=CC=CC2C(=O)/C(=C\c3sc(=S)[nH]c3O)C(=NCCCn3ccnc3)N=C12. The van der Waals surface area contributed by atoms with E-state index in [1.54, 1.807) is 18.6 Å². The van der Waals surface area contributed by atoms with Gasteiger partial charge >= 0.3 is 0 Å². The van der Waals surface area contributed by atoms with Gasteiger partial charge in [0.05, 0.1) is 28.4 Å². The van der Waals surface area contributed by atoms with Crippen LogP contribution in [0.4, 0.5) is 0 Å². The van der Waals surface area contributed by atoms with Gasteiger partial charge < -0.3 is 14.7 Å². The van der Waals surface area contributed by atoms with Crippen LogP contribution in [0.2, 0.25) is 0 Å². The standard InChI is InChI=1S/C20H19N5O2S2/c1-12-4-2-5-13-16(12)23-18(22-6-3-8-25-9-7-21-11-25)14(17(13)26)10-15-19(27)24-20(28)29-15/h2,4-5,7,9-11,13,27H,3,6,8H2,1H3,(H,24,28)/b14-10+,22-18?. The van der Waals surface area contributed by atoms with E-state index in [1.165, 1.54) is 11.3 Å². The van der Waals surface area contributed by atoms with E-state index in [-0.39, 0.29) is 11.7 Å². The van der Waals surface area contributed by atoms with Crippen molar-refractivity contribution in [3.8, 4) is 5.88 Å². The first-order valence-corrected chi connectivity index (χ1v) is 10.4. The van der Waals surface area contributed by atoms with Gasteiger partial charge in [-0.05, 0) is 37.2 Å². The first-order chi connectivity index (χ1) is 14.0. The maximum atomic E-state index is 13.2. The fourth-order valence-electron chi connectivity index (χ4n) is 3.23. The molecule has 1 aliphatic carbocycles. The van der Waals surface area contributed by atoms with Crippen molar-refractivity contribution in [3.05, 3.63) is 56.9 Å². The van der Waals surface area contributed by atoms with E-state index in [0.717, 1.165) is 24.3 Å². The third-order valence-corrected chi connectivity index (χ3v) is 5.86. The van der Waals surface area contributed by atoms with Crippen LogP contribution in [0.5, 0.6) is 5.88 Å². The molecule has 0 aromatic carbocycles. The number of carbonyl (C=O) groups is 1. The molecule has 3 heterocycles. The number of aromatic amines is 1. The lowest BCUT2D eigenvalue weighted by Gasteiger charge is -2.24. The highest BCUT2D eigenvalue weighted by Crippen LogP contribution is 2.30. The molecule has 1 aliphatic heterocycles. The summed E-state index contributed by atoms with van der Waals surface area (Å²) in [6, 6.07) is 0. The number of carbonyl (C=O) groups excluding carboxylic acids is 1. The number of fused-ring (bicyclic) bond motifs is 1. The first kappa shape index (κ1) is 19.4. The number of rotatable bonds is 5. The fraction of sp³-hybridized carbons (Fsp3) is 0.250. The molecule has 9 heteroatoms. The van der Waals surface area contributed by atoms with Crippen molar-refractivity contribution in [2.75, 3.05) is 6.54 Å². The van der Waals surface area contributed by atoms with Gasteiger partial charge in [-0.1, -0.05) is 18.2 Å². The molecular formula is C20H19N5O2S2. The lowest BCUT2D eigenvalue weighted by atomic mass is 9.83. The van der Waals surface area contributed by atoms with Crippen LogP contribution in [0, 0.1) is 9.87 Å². The van der Waals surface area contributed by atoms with Crippen LogP contribution in [0.1, 0.15) is 18.2 Å². The molecule has 0 spiro atoms. The van der Waals surface area contributed by atoms with Gasteiger partial charge in [-0.15, -0.1) is 11.3 Å². The number of nitrogens with zero attached hydrogens (tertiary/aromatic N) is 4. The predicted octanol–water partition coefficient (Wildman–Crippen LogP) is 3.74. The van der Waals surface area contributed by atoms with Crippen LogP contribution < -0.4 is 0 Å². The number of H-pyrrole nitrogens is 1. The Hall–Kier alpha value is -2.91. The zero-order chi connectivity index (χ0) is 20.4. The molecule has 2 N–H and O–H groups in total. The van der Waals surface area contributed by atoms with Crippen molar-refractivity contribution in [3.63, 3.8) is 0 Å². The van der Waals surface area contributed by atoms with E-state index >= 15 is 0 Å². The van der Waals surface area contributed by atoms with Crippen molar-refractivity contribution in [1.29, 1.82) is 0 Å². The summed E-state index contributed by atoms with van der Waals surface area (Å²) in [7, 11) is 0. The molecule has 0 saturated heterocycles. The second-order valence-electron chi connectivity index (χ2n) is 6.72. The van der Waals surface area contributed by atoms with Crippen molar-refractivity contribution in [2.24, 2.45) is 15.9 Å². The van der Waals surface area contributed by atoms with Gasteiger partial charge in [0, 0.05) is 25.5 Å². The van der Waals surface area contributed by atoms with Crippen LogP contribution in [-0.2, 0) is 11.3 Å². The second kappa shape index (κ2) is 8.22. The number of nitrogens with one attached hydrogen (secondary N) is 1. The highest BCUT2D eigenvalue weighted by atomic mass is 32.1. The number of hydrogen-bond donors (Lipinski definition) is 2. The number of hydrogen-bond acceptors (Lipinski definition) is 6. The summed E-state index contributed by atoms with van der Waals surface area (Å²) in [5.74, 6) is -0.158. The normalized spacial score (nSPS) is 21.4. The highest BCUT2D eigenvalue weighted by molar-refractivity contribution is 7.73. The zero-order valence-corrected chi connectivity index (χ0v) is 17.3. The Kier molecular flexibility index (Phi) is 5.50. The Balaban J connectivity index is 1.68. The van der Waals surface area contributed by atoms with Crippen LogP contribution in [-0.4, -0.2) is 43.5 Å². The fourth-order valence-corrected chi connectivity index (χ4v) is 4.27. The Morgan fingerprint density at radius 1 is 1.48 bits per heavy atom. The first-order valence-electron chi connectivity index (χ1n) is 9.15. The lowest BCUT2D eigenvalue weighted by Crippen LogP contribution is -2.34. The summed E-state index contributed by atoms with van der Waals surface area (Å²) in [6.07, 6.45) is 13.5. The van der Waals surface area contributed by atoms with Crippen LogP contribution >= 0.6 is 23.6 Å². The maximum Gasteiger partial charge on any atom is 0.207 e. The number of thiazole rings is 1. The lowest BCUT2D eigenvalue weighted by molar-refractivity contribution is -0.115. The molecule has 0 bridgehead atoms. The monoisotopic (exact) mass is 425 g/mol. The quantitative estimate of drug-likeness (QED) is 0.433. The minimum atomic E-state index is -0.426. The molecule has 0 fully saturated rings. The van der Waals surface area contributed by atoms with Crippen LogP contribution in [0.15, 0.2) is 58.1 Å². The number of aryl methyl sites for hydroxylation is 1. The molecule has 0 radical (unpaired) electrons. The van der Waals surface area contributed by atoms with E-state index in [1.807, 2.05) is 35.9 Å². The van der Waals surface area contributed by atoms with Gasteiger partial charge in [-0.25, -0.2) is 9.98 Å². The van der Waals surface area contributed by atoms with Crippen molar-refractivity contribution in [1.82, 2.24) is 14.5 Å². The smallest absolute Gasteiger partial charge is 0.207 e. The Labute approximate surface area is 176 Å². The largest absolute Gasteiger partial charge is 0.494 e. The van der Waals surface area contributed by atoms with Crippen molar-refractivity contribution in [2.45, 2.75) is 19.9 Å². The Morgan fingerprint density at radius 2 is 2.34 bits per heavy atom. The van der Waals surface area contributed by atoms with E-state index < -0.39 is 5.92 Å². The molecule has 0 saturated carbocycles. The number of amidine groups is 1. The van der Waals surface area contributed by atoms with Crippen molar-refractivity contribution < 1.29 is 9.90 Å². The van der Waals surface area contributed by atoms with Gasteiger partial charge in [0.2, 0.25) is 5.88 Å². The summed E-state index contributed by atoms with van der Waals surface area (Å²) < 4.78 is 2.42. The summed E-state index contributed by atoms with van der Waals surface area (Å²) in [4.78, 5) is 29.8. The maximum absolute atomic E-state index is 13.2. The second-order valence-corrected chi connectivity index (χ2v) is 8.44. The third kappa shape index (κ3) is 4.10. The Bertz CT molecular complexity index is 1150. The number of ketones is 1. The number of allylic oxidation sites excluding steroid dienone is 4. The minimum Gasteiger partial charge on any atom is -0.494 e. The average Bonchev–Trinajstić information content (AvgIpc) is 3.31. The molecule has 1 unspecified atom stereocenters. The number of aromatic hydroxyl groups is 1. The minimum absolute atomic E-state index is 0.0511. The molecule has 7 nitrogen and oxygen atoms in total. The molecule has 29 heavy (non-hydrogen) atoms. The van der Waals surface area contributed by atoms with Crippen LogP contribution in [0.3, 0.4) is 0 Å². The topological polar surface area (TPSA) is 95.6 Å². The van der Waals surface area contributed by atoms with Gasteiger partial charge in [0.25, 0.3) is 0 Å². The van der Waals surface area contributed by atoms with E-state index in [0.29, 0.717) is 26.8 Å². The average molecular weight is 426 g/mol.